The Bertz CT molecular complexity index is 848. The largest absolute Gasteiger partial charge is 0.341 e. The summed E-state index contributed by atoms with van der Waals surface area (Å²) in [7, 11) is 1.85. The van der Waals surface area contributed by atoms with E-state index in [0.29, 0.717) is 17.8 Å². The van der Waals surface area contributed by atoms with Gasteiger partial charge in [0.25, 0.3) is 0 Å². The Morgan fingerprint density at radius 3 is 2.21 bits per heavy atom. The van der Waals surface area contributed by atoms with Gasteiger partial charge in [-0.25, -0.2) is 0 Å². The van der Waals surface area contributed by atoms with Crippen molar-refractivity contribution in [2.24, 2.45) is 11.8 Å². The van der Waals surface area contributed by atoms with Crippen molar-refractivity contribution in [1.29, 1.82) is 5.26 Å². The Morgan fingerprint density at radius 1 is 1.00 bits per heavy atom. The topological polar surface area (TPSA) is 73.2 Å². The van der Waals surface area contributed by atoms with Crippen LogP contribution in [0.4, 0.5) is 5.69 Å². The SMILES string of the molecule is CN(Cc1ccccc1)C(=O)C1CCC(C(=O)Nc2ccc(C#N)cc2)CC1. The third-order valence-electron chi connectivity index (χ3n) is 5.37. The van der Waals surface area contributed by atoms with Gasteiger partial charge in [-0.3, -0.25) is 9.59 Å². The summed E-state index contributed by atoms with van der Waals surface area (Å²) in [5.74, 6) is 0.0786. The van der Waals surface area contributed by atoms with Gasteiger partial charge in [0.2, 0.25) is 11.8 Å². The third kappa shape index (κ3) is 4.98. The molecule has 0 atom stereocenters. The molecule has 2 aromatic carbocycles. The Hall–Kier alpha value is -3.13. The maximum atomic E-state index is 12.7. The lowest BCUT2D eigenvalue weighted by molar-refractivity contribution is -0.137. The van der Waals surface area contributed by atoms with Crippen LogP contribution in [0, 0.1) is 23.2 Å². The maximum absolute atomic E-state index is 12.7. The fourth-order valence-corrected chi connectivity index (χ4v) is 3.72. The van der Waals surface area contributed by atoms with Crippen molar-refractivity contribution in [2.75, 3.05) is 12.4 Å². The van der Waals surface area contributed by atoms with Crippen LogP contribution in [-0.4, -0.2) is 23.8 Å². The van der Waals surface area contributed by atoms with E-state index in [1.54, 1.807) is 29.2 Å². The highest BCUT2D eigenvalue weighted by molar-refractivity contribution is 5.92. The van der Waals surface area contributed by atoms with E-state index >= 15 is 0 Å². The first-order valence-corrected chi connectivity index (χ1v) is 9.66. The van der Waals surface area contributed by atoms with Crippen molar-refractivity contribution in [2.45, 2.75) is 32.2 Å². The summed E-state index contributed by atoms with van der Waals surface area (Å²) in [6.07, 6.45) is 2.92. The van der Waals surface area contributed by atoms with Gasteiger partial charge in [-0.05, 0) is 55.5 Å². The number of nitriles is 1. The molecule has 0 heterocycles. The number of rotatable bonds is 5. The molecule has 1 aliphatic carbocycles. The maximum Gasteiger partial charge on any atom is 0.227 e. The Balaban J connectivity index is 1.48. The molecule has 0 aliphatic heterocycles. The van der Waals surface area contributed by atoms with Gasteiger partial charge < -0.3 is 10.2 Å². The van der Waals surface area contributed by atoms with Gasteiger partial charge in [0.05, 0.1) is 11.6 Å². The number of carbonyl (C=O) groups excluding carboxylic acids is 2. The minimum absolute atomic E-state index is 0.00625. The molecule has 0 unspecified atom stereocenters. The molecular formula is C23H25N3O2. The third-order valence-corrected chi connectivity index (χ3v) is 5.37. The molecule has 0 bridgehead atoms. The first-order chi connectivity index (χ1) is 13.6. The molecule has 144 valence electrons. The first-order valence-electron chi connectivity index (χ1n) is 9.66. The number of nitrogens with one attached hydrogen (secondary N) is 1. The normalized spacial score (nSPS) is 18.7. The fraction of sp³-hybridized carbons (Fsp3) is 0.348. The monoisotopic (exact) mass is 375 g/mol. The van der Waals surface area contributed by atoms with Crippen LogP contribution in [0.5, 0.6) is 0 Å². The van der Waals surface area contributed by atoms with Gasteiger partial charge in [0.15, 0.2) is 0 Å². The molecule has 0 radical (unpaired) electrons. The lowest BCUT2D eigenvalue weighted by Gasteiger charge is -2.30. The predicted octanol–water partition coefficient (Wildman–Crippen LogP) is 3.96. The number of hydrogen-bond donors (Lipinski definition) is 1. The summed E-state index contributed by atoms with van der Waals surface area (Å²) in [5.41, 5.74) is 2.38. The van der Waals surface area contributed by atoms with Crippen LogP contribution in [0.3, 0.4) is 0 Å². The highest BCUT2D eigenvalue weighted by Gasteiger charge is 2.31. The molecule has 3 rings (SSSR count). The van der Waals surface area contributed by atoms with Crippen molar-refractivity contribution in [3.05, 3.63) is 65.7 Å². The van der Waals surface area contributed by atoms with Crippen molar-refractivity contribution in [3.8, 4) is 6.07 Å². The van der Waals surface area contributed by atoms with Crippen molar-refractivity contribution >= 4 is 17.5 Å². The molecule has 1 saturated carbocycles. The molecule has 0 aromatic heterocycles. The number of hydrogen-bond acceptors (Lipinski definition) is 3. The van der Waals surface area contributed by atoms with Gasteiger partial charge in [-0.15, -0.1) is 0 Å². The average Bonchev–Trinajstić information content (AvgIpc) is 2.74. The molecule has 0 saturated heterocycles. The fourth-order valence-electron chi connectivity index (χ4n) is 3.72. The van der Waals surface area contributed by atoms with Crippen LogP contribution in [0.25, 0.3) is 0 Å². The zero-order valence-corrected chi connectivity index (χ0v) is 16.1. The van der Waals surface area contributed by atoms with E-state index in [4.69, 9.17) is 5.26 Å². The van der Waals surface area contributed by atoms with Crippen molar-refractivity contribution in [1.82, 2.24) is 4.90 Å². The van der Waals surface area contributed by atoms with Gasteiger partial charge >= 0.3 is 0 Å². The molecular weight excluding hydrogens is 350 g/mol. The Kier molecular flexibility index (Phi) is 6.44. The minimum atomic E-state index is -0.0703. The minimum Gasteiger partial charge on any atom is -0.341 e. The highest BCUT2D eigenvalue weighted by Crippen LogP contribution is 2.31. The summed E-state index contributed by atoms with van der Waals surface area (Å²) in [6, 6.07) is 18.9. The number of carbonyl (C=O) groups is 2. The van der Waals surface area contributed by atoms with E-state index < -0.39 is 0 Å². The molecule has 28 heavy (non-hydrogen) atoms. The van der Waals surface area contributed by atoms with Gasteiger partial charge in [0.1, 0.15) is 0 Å². The van der Waals surface area contributed by atoms with Crippen LogP contribution < -0.4 is 5.32 Å². The first kappa shape index (κ1) is 19.6. The van der Waals surface area contributed by atoms with Gasteiger partial charge in [-0.2, -0.15) is 5.26 Å². The average molecular weight is 375 g/mol. The second-order valence-electron chi connectivity index (χ2n) is 7.41. The van der Waals surface area contributed by atoms with Crippen molar-refractivity contribution < 1.29 is 9.59 Å². The number of amides is 2. The van der Waals surface area contributed by atoms with Crippen LogP contribution in [-0.2, 0) is 16.1 Å². The quantitative estimate of drug-likeness (QED) is 0.860. The zero-order valence-electron chi connectivity index (χ0n) is 16.1. The number of anilines is 1. The van der Waals surface area contributed by atoms with E-state index in [0.717, 1.165) is 31.2 Å². The van der Waals surface area contributed by atoms with Crippen molar-refractivity contribution in [3.63, 3.8) is 0 Å². The molecule has 5 heteroatoms. The van der Waals surface area contributed by atoms with Gasteiger partial charge in [-0.1, -0.05) is 30.3 Å². The molecule has 2 amide bonds. The van der Waals surface area contributed by atoms with Gasteiger partial charge in [0, 0.05) is 31.1 Å². The second kappa shape index (κ2) is 9.18. The standard InChI is InChI=1S/C23H25N3O2/c1-26(16-18-5-3-2-4-6-18)23(28)20-11-9-19(10-12-20)22(27)25-21-13-7-17(15-24)8-14-21/h2-8,13-14,19-20H,9-12,16H2,1H3,(H,25,27). The summed E-state index contributed by atoms with van der Waals surface area (Å²) in [6.45, 7) is 0.610. The van der Waals surface area contributed by atoms with E-state index in [2.05, 4.69) is 11.4 Å². The summed E-state index contributed by atoms with van der Waals surface area (Å²) >= 11 is 0. The molecule has 5 nitrogen and oxygen atoms in total. The zero-order chi connectivity index (χ0) is 19.9. The Labute approximate surface area is 166 Å². The van der Waals surface area contributed by atoms with E-state index in [1.165, 1.54) is 0 Å². The summed E-state index contributed by atoms with van der Waals surface area (Å²) in [4.78, 5) is 27.0. The Morgan fingerprint density at radius 2 is 1.61 bits per heavy atom. The van der Waals surface area contributed by atoms with E-state index in [9.17, 15) is 9.59 Å². The molecule has 2 aromatic rings. The van der Waals surface area contributed by atoms with Crippen LogP contribution in [0.15, 0.2) is 54.6 Å². The van der Waals surface area contributed by atoms with E-state index in [-0.39, 0.29) is 23.7 Å². The smallest absolute Gasteiger partial charge is 0.227 e. The second-order valence-corrected chi connectivity index (χ2v) is 7.41. The van der Waals surface area contributed by atoms with Crippen LogP contribution in [0.1, 0.15) is 36.8 Å². The molecule has 1 fully saturated rings. The molecule has 1 aliphatic rings. The summed E-state index contributed by atoms with van der Waals surface area (Å²) in [5, 5.41) is 11.8. The van der Waals surface area contributed by atoms with Crippen LogP contribution >= 0.6 is 0 Å². The summed E-state index contributed by atoms with van der Waals surface area (Å²) < 4.78 is 0. The lowest BCUT2D eigenvalue weighted by atomic mass is 9.81. The molecule has 1 N–H and O–H groups in total. The highest BCUT2D eigenvalue weighted by atomic mass is 16.2. The number of benzene rings is 2. The van der Waals surface area contributed by atoms with E-state index in [1.807, 2.05) is 37.4 Å². The lowest BCUT2D eigenvalue weighted by Crippen LogP contribution is -2.36. The molecule has 0 spiro atoms. The van der Waals surface area contributed by atoms with Crippen LogP contribution in [0.2, 0.25) is 0 Å². The number of nitrogens with zero attached hydrogens (tertiary/aromatic N) is 2. The predicted molar refractivity (Wildman–Crippen MR) is 108 cm³/mol.